The van der Waals surface area contributed by atoms with Gasteiger partial charge in [-0.1, -0.05) is 36.4 Å². The molecule has 0 amide bonds. The summed E-state index contributed by atoms with van der Waals surface area (Å²) in [6.07, 6.45) is 3.36. The minimum Gasteiger partial charge on any atom is -0.488 e. The van der Waals surface area contributed by atoms with Crippen LogP contribution in [0.2, 0.25) is 0 Å². The summed E-state index contributed by atoms with van der Waals surface area (Å²) in [7, 11) is 4.61. The highest BCUT2D eigenvalue weighted by Crippen LogP contribution is 2.37. The third-order valence-electron chi connectivity index (χ3n) is 7.57. The zero-order chi connectivity index (χ0) is 27.5. The quantitative estimate of drug-likeness (QED) is 0.468. The lowest BCUT2D eigenvalue weighted by Gasteiger charge is -2.25. The van der Waals surface area contributed by atoms with Gasteiger partial charge in [0.25, 0.3) is 5.56 Å². The van der Waals surface area contributed by atoms with Crippen LogP contribution in [-0.4, -0.2) is 59.8 Å². The maximum Gasteiger partial charge on any atom is 0.332 e. The van der Waals surface area contributed by atoms with Crippen molar-refractivity contribution in [1.29, 1.82) is 0 Å². The van der Waals surface area contributed by atoms with Crippen molar-refractivity contribution in [1.82, 2.24) is 14.0 Å². The van der Waals surface area contributed by atoms with Gasteiger partial charge in [-0.25, -0.2) is 4.79 Å². The molecule has 3 aromatic rings. The fraction of sp³-hybridized carbons (Fsp3) is 0.367. The average Bonchev–Trinajstić information content (AvgIpc) is 3.27. The number of methoxy groups -OCH3 is 1. The predicted octanol–water partition coefficient (Wildman–Crippen LogP) is 2.34. The molecule has 2 aliphatic rings. The van der Waals surface area contributed by atoms with Crippen molar-refractivity contribution in [2.75, 3.05) is 44.7 Å². The van der Waals surface area contributed by atoms with Gasteiger partial charge in [-0.15, -0.1) is 0 Å². The summed E-state index contributed by atoms with van der Waals surface area (Å²) in [6.45, 7) is 4.37. The number of carbonyl (C=O) groups is 1. The number of nitrogens with zero attached hydrogens (tertiary/aromatic N) is 4. The molecule has 39 heavy (non-hydrogen) atoms. The summed E-state index contributed by atoms with van der Waals surface area (Å²) in [6, 6.07) is 15.7. The van der Waals surface area contributed by atoms with Gasteiger partial charge in [-0.05, 0) is 40.8 Å². The van der Waals surface area contributed by atoms with Gasteiger partial charge in [-0.3, -0.25) is 23.6 Å². The first-order chi connectivity index (χ1) is 18.9. The van der Waals surface area contributed by atoms with Gasteiger partial charge >= 0.3 is 11.7 Å². The fourth-order valence-corrected chi connectivity index (χ4v) is 5.32. The normalized spacial score (nSPS) is 16.6. The van der Waals surface area contributed by atoms with Crippen molar-refractivity contribution in [3.63, 3.8) is 0 Å². The van der Waals surface area contributed by atoms with Gasteiger partial charge in [0.15, 0.2) is 0 Å². The Morgan fingerprint density at radius 3 is 2.62 bits per heavy atom. The zero-order valence-corrected chi connectivity index (χ0v) is 22.7. The molecule has 0 bridgehead atoms. The molecule has 9 heteroatoms. The number of esters is 1. The van der Waals surface area contributed by atoms with Crippen molar-refractivity contribution in [3.8, 4) is 5.75 Å². The molecule has 2 aromatic carbocycles. The number of aromatic nitrogens is 2. The van der Waals surface area contributed by atoms with Crippen LogP contribution in [0.4, 0.5) is 5.82 Å². The number of hydrogen-bond acceptors (Lipinski definition) is 7. The first-order valence-electron chi connectivity index (χ1n) is 13.2. The smallest absolute Gasteiger partial charge is 0.332 e. The van der Waals surface area contributed by atoms with Gasteiger partial charge in [-0.2, -0.15) is 0 Å². The Bertz CT molecular complexity index is 1540. The molecule has 5 rings (SSSR count). The maximum atomic E-state index is 12.5. The summed E-state index contributed by atoms with van der Waals surface area (Å²) in [5.74, 6) is 1.17. The molecule has 204 valence electrons. The Balaban J connectivity index is 1.41. The van der Waals surface area contributed by atoms with Gasteiger partial charge in [0, 0.05) is 58.4 Å². The molecular formula is C30H34N4O5. The molecule has 1 aromatic heterocycles. The van der Waals surface area contributed by atoms with E-state index in [9.17, 15) is 14.4 Å². The topological polar surface area (TPSA) is 86.0 Å². The van der Waals surface area contributed by atoms with Crippen LogP contribution >= 0.6 is 0 Å². The first kappa shape index (κ1) is 26.5. The van der Waals surface area contributed by atoms with Crippen molar-refractivity contribution >= 4 is 17.4 Å². The standard InChI is InChI=1S/C30H34N4O5/c1-31-27(19-28(35)32(2)30(31)37)34-13-6-12-33(15-16-34)14-11-24-23-8-5-4-7-22(23)20-39-26-10-9-21(17-25(24)26)18-29(36)38-3/h4-5,7-11,17,19H,6,12-16,18,20H2,1-3H3. The summed E-state index contributed by atoms with van der Waals surface area (Å²) in [5.41, 5.74) is 4.55. The highest BCUT2D eigenvalue weighted by Gasteiger charge is 2.22. The number of anilines is 1. The Hall–Kier alpha value is -4.11. The molecule has 0 spiro atoms. The Labute approximate surface area is 227 Å². The van der Waals surface area contributed by atoms with E-state index in [1.807, 2.05) is 30.3 Å². The molecule has 9 nitrogen and oxygen atoms in total. The minimum atomic E-state index is -0.317. The molecule has 1 saturated heterocycles. The van der Waals surface area contributed by atoms with E-state index >= 15 is 0 Å². The minimum absolute atomic E-state index is 0.200. The van der Waals surface area contributed by atoms with E-state index in [4.69, 9.17) is 9.47 Å². The number of carbonyl (C=O) groups excluding carboxylic acids is 1. The number of rotatable bonds is 5. The molecule has 1 fully saturated rings. The largest absolute Gasteiger partial charge is 0.488 e. The second-order valence-electron chi connectivity index (χ2n) is 10.0. The van der Waals surface area contributed by atoms with Gasteiger partial charge in [0.2, 0.25) is 0 Å². The van der Waals surface area contributed by atoms with Crippen LogP contribution in [0.15, 0.2) is 64.2 Å². The molecular weight excluding hydrogens is 496 g/mol. The second-order valence-corrected chi connectivity index (χ2v) is 10.0. The highest BCUT2D eigenvalue weighted by molar-refractivity contribution is 5.86. The molecule has 2 aliphatic heterocycles. The Morgan fingerprint density at radius 2 is 1.79 bits per heavy atom. The van der Waals surface area contributed by atoms with E-state index < -0.39 is 0 Å². The number of hydrogen-bond donors (Lipinski definition) is 0. The van der Waals surface area contributed by atoms with Gasteiger partial charge in [0.1, 0.15) is 18.2 Å². The molecule has 0 unspecified atom stereocenters. The van der Waals surface area contributed by atoms with E-state index in [2.05, 4.69) is 28.0 Å². The molecule has 0 atom stereocenters. The summed E-state index contributed by atoms with van der Waals surface area (Å²) in [4.78, 5) is 41.2. The van der Waals surface area contributed by atoms with Crippen LogP contribution in [0.5, 0.6) is 5.75 Å². The number of ether oxygens (including phenoxy) is 2. The lowest BCUT2D eigenvalue weighted by Crippen LogP contribution is -2.41. The van der Waals surface area contributed by atoms with Crippen LogP contribution in [0.1, 0.15) is 28.7 Å². The number of fused-ring (bicyclic) bond motifs is 2. The third-order valence-corrected chi connectivity index (χ3v) is 7.57. The summed E-state index contributed by atoms with van der Waals surface area (Å²) in [5, 5.41) is 0. The van der Waals surface area contributed by atoms with E-state index in [1.54, 1.807) is 17.7 Å². The van der Waals surface area contributed by atoms with Crippen LogP contribution < -0.4 is 20.9 Å². The van der Waals surface area contributed by atoms with Crippen molar-refractivity contribution in [3.05, 3.63) is 97.7 Å². The molecule has 3 heterocycles. The molecule has 0 saturated carbocycles. The van der Waals surface area contributed by atoms with Crippen molar-refractivity contribution < 1.29 is 14.3 Å². The van der Waals surface area contributed by atoms with Crippen molar-refractivity contribution in [2.45, 2.75) is 19.4 Å². The first-order valence-corrected chi connectivity index (χ1v) is 13.2. The van der Waals surface area contributed by atoms with E-state index in [-0.39, 0.29) is 23.6 Å². The predicted molar refractivity (Wildman–Crippen MR) is 150 cm³/mol. The third kappa shape index (κ3) is 5.54. The SMILES string of the molecule is COC(=O)Cc1ccc2c(c1)C(=CCN1CCCN(c3cc(=O)n(C)c(=O)n3C)CC1)c1ccccc1CO2. The van der Waals surface area contributed by atoms with Gasteiger partial charge in [0.05, 0.1) is 13.5 Å². The van der Waals surface area contributed by atoms with E-state index in [1.165, 1.54) is 14.2 Å². The number of benzene rings is 2. The van der Waals surface area contributed by atoms with Crippen LogP contribution in [-0.2, 0) is 36.7 Å². The van der Waals surface area contributed by atoms with E-state index in [0.717, 1.165) is 70.7 Å². The highest BCUT2D eigenvalue weighted by atomic mass is 16.5. The van der Waals surface area contributed by atoms with Crippen LogP contribution in [0.3, 0.4) is 0 Å². The van der Waals surface area contributed by atoms with Crippen LogP contribution in [0, 0.1) is 0 Å². The molecule has 0 radical (unpaired) electrons. The summed E-state index contributed by atoms with van der Waals surface area (Å²) >= 11 is 0. The van der Waals surface area contributed by atoms with E-state index in [0.29, 0.717) is 19.0 Å². The second kappa shape index (κ2) is 11.3. The average molecular weight is 531 g/mol. The lowest BCUT2D eigenvalue weighted by molar-refractivity contribution is -0.139. The van der Waals surface area contributed by atoms with Crippen molar-refractivity contribution in [2.24, 2.45) is 14.1 Å². The maximum absolute atomic E-state index is 12.5. The fourth-order valence-electron chi connectivity index (χ4n) is 5.32. The monoisotopic (exact) mass is 530 g/mol. The Kier molecular flexibility index (Phi) is 7.70. The zero-order valence-electron chi connectivity index (χ0n) is 22.7. The van der Waals surface area contributed by atoms with Crippen LogP contribution in [0.25, 0.3) is 5.57 Å². The Morgan fingerprint density at radius 1 is 0.974 bits per heavy atom. The molecule has 0 N–H and O–H groups in total. The lowest BCUT2D eigenvalue weighted by atomic mass is 9.92. The van der Waals surface area contributed by atoms with Gasteiger partial charge < -0.3 is 14.4 Å². The molecule has 0 aliphatic carbocycles. The summed E-state index contributed by atoms with van der Waals surface area (Å²) < 4.78 is 13.7.